The summed E-state index contributed by atoms with van der Waals surface area (Å²) in [5.74, 6) is -1.40. The Morgan fingerprint density at radius 1 is 0.833 bits per heavy atom. The van der Waals surface area contributed by atoms with E-state index in [9.17, 15) is 14.4 Å². The smallest absolute Gasteiger partial charge is 0.356 e. The minimum atomic E-state index is -1.05. The molecule has 5 heterocycles. The molecular weight excluding hydrogens is 891 g/mol. The summed E-state index contributed by atoms with van der Waals surface area (Å²) in [6, 6.07) is 51.1. The summed E-state index contributed by atoms with van der Waals surface area (Å²) < 4.78 is 11.6. The van der Waals surface area contributed by atoms with Gasteiger partial charge >= 0.3 is 11.6 Å². The number of nitrogens with one attached hydrogen (secondary N) is 1. The molecule has 5 aromatic carbocycles. The predicted molar refractivity (Wildman–Crippen MR) is 256 cm³/mol. The first-order valence-corrected chi connectivity index (χ1v) is 23.7. The number of benzene rings is 5. The normalized spacial score (nSPS) is 17.5. The van der Waals surface area contributed by atoms with Gasteiger partial charge in [0, 0.05) is 16.7 Å². The molecular formula is C51H39N5O7S3. The first-order valence-electron chi connectivity index (χ1n) is 20.9. The molecule has 2 amide bonds. The molecule has 15 heteroatoms. The van der Waals surface area contributed by atoms with Gasteiger partial charge in [0.1, 0.15) is 36.0 Å². The summed E-state index contributed by atoms with van der Waals surface area (Å²) in [7, 11) is 1.33. The standard InChI is InChI=1S/C51H39N5O7S3/c1-61-52-30-39(57)55-42-47(59)56-41(49(60)63-43(32-17-7-2-8-18-32)33-19-9-3-10-20-33)38(31-64-37-27-28-62-40(58)29-37)44(65-48(42)56)45-46(55)53-50(66-45)54-51(34-21-11-4-12-22-34,35-23-13-5-14-24-35)36-25-15-6-16-26-36/h2-30,42-44,48H,31H2,1H3,(H,53,54)/b52-30-/t42?,44?,48-/m0/s1. The lowest BCUT2D eigenvalue weighted by molar-refractivity contribution is -0.153. The van der Waals surface area contributed by atoms with Gasteiger partial charge in [-0.1, -0.05) is 168 Å². The van der Waals surface area contributed by atoms with E-state index in [1.54, 1.807) is 6.07 Å². The number of anilines is 2. The zero-order valence-corrected chi connectivity index (χ0v) is 37.6. The predicted octanol–water partition coefficient (Wildman–Crippen LogP) is 9.18. The third-order valence-corrected chi connectivity index (χ3v) is 15.4. The number of fused-ring (bicyclic) bond motifs is 3. The Labute approximate surface area is 392 Å². The van der Waals surface area contributed by atoms with E-state index < -0.39 is 51.7 Å². The lowest BCUT2D eigenvalue weighted by Gasteiger charge is -2.52. The molecule has 66 heavy (non-hydrogen) atoms. The molecule has 1 saturated heterocycles. The Bertz CT molecular complexity index is 2890. The van der Waals surface area contributed by atoms with Crippen molar-refractivity contribution >= 4 is 69.8 Å². The molecule has 0 aliphatic carbocycles. The maximum atomic E-state index is 15.2. The van der Waals surface area contributed by atoms with Crippen molar-refractivity contribution < 1.29 is 28.4 Å². The highest BCUT2D eigenvalue weighted by Gasteiger charge is 2.62. The van der Waals surface area contributed by atoms with Gasteiger partial charge in [0.15, 0.2) is 17.1 Å². The van der Waals surface area contributed by atoms with E-state index in [1.165, 1.54) is 64.1 Å². The number of amides is 2. The molecule has 10 rings (SSSR count). The molecule has 0 spiro atoms. The fourth-order valence-electron chi connectivity index (χ4n) is 8.71. The number of thioether (sulfide) groups is 2. The van der Waals surface area contributed by atoms with Gasteiger partial charge in [-0.25, -0.2) is 14.6 Å². The maximum Gasteiger partial charge on any atom is 0.356 e. The molecule has 3 atom stereocenters. The fraction of sp³-hybridized carbons (Fsp3) is 0.137. The molecule has 7 aromatic rings. The van der Waals surface area contributed by atoms with Gasteiger partial charge < -0.3 is 19.3 Å². The van der Waals surface area contributed by atoms with E-state index in [0.29, 0.717) is 20.5 Å². The Hall–Kier alpha value is -7.20. The number of carbonyl (C=O) groups excluding carboxylic acids is 3. The quantitative estimate of drug-likeness (QED) is 0.0279. The molecule has 3 aliphatic heterocycles. The highest BCUT2D eigenvalue weighted by atomic mass is 32.2. The molecule has 1 fully saturated rings. The monoisotopic (exact) mass is 929 g/mol. The highest BCUT2D eigenvalue weighted by Crippen LogP contribution is 2.60. The van der Waals surface area contributed by atoms with Crippen LogP contribution in [0.3, 0.4) is 0 Å². The summed E-state index contributed by atoms with van der Waals surface area (Å²) in [6.45, 7) is 0. The lowest BCUT2D eigenvalue weighted by atomic mass is 9.77. The molecule has 2 unspecified atom stereocenters. The summed E-state index contributed by atoms with van der Waals surface area (Å²) in [6.07, 6.45) is 1.53. The summed E-state index contributed by atoms with van der Waals surface area (Å²) >= 11 is 4.12. The van der Waals surface area contributed by atoms with Crippen molar-refractivity contribution in [2.45, 2.75) is 33.2 Å². The molecule has 0 saturated carbocycles. The number of thiazole rings is 1. The van der Waals surface area contributed by atoms with Crippen LogP contribution in [0.2, 0.25) is 0 Å². The van der Waals surface area contributed by atoms with Gasteiger partial charge in [0.25, 0.3) is 11.8 Å². The topological polar surface area (TPSA) is 144 Å². The zero-order valence-electron chi connectivity index (χ0n) is 35.1. The zero-order chi connectivity index (χ0) is 45.2. The Morgan fingerprint density at radius 2 is 1.39 bits per heavy atom. The van der Waals surface area contributed by atoms with Crippen molar-refractivity contribution in [3.05, 3.63) is 224 Å². The molecule has 2 bridgehead atoms. The number of hydrogen-bond acceptors (Lipinski definition) is 13. The molecule has 12 nitrogen and oxygen atoms in total. The number of aromatic nitrogens is 1. The molecule has 3 aliphatic rings. The Kier molecular flexibility index (Phi) is 11.9. The second-order valence-electron chi connectivity index (χ2n) is 15.4. The van der Waals surface area contributed by atoms with Crippen molar-refractivity contribution in [3.8, 4) is 0 Å². The number of carbonyl (C=O) groups is 3. The average molecular weight is 930 g/mol. The molecule has 0 radical (unpaired) electrons. The van der Waals surface area contributed by atoms with Crippen molar-refractivity contribution in [2.75, 3.05) is 23.1 Å². The van der Waals surface area contributed by atoms with Crippen LogP contribution in [0.15, 0.2) is 201 Å². The van der Waals surface area contributed by atoms with Gasteiger partial charge in [-0.05, 0) is 39.5 Å². The number of esters is 1. The second kappa shape index (κ2) is 18.4. The maximum absolute atomic E-state index is 15.2. The van der Waals surface area contributed by atoms with Crippen LogP contribution < -0.4 is 15.8 Å². The van der Waals surface area contributed by atoms with E-state index in [0.717, 1.165) is 34.0 Å². The number of nitrogens with zero attached hydrogens (tertiary/aromatic N) is 4. The minimum Gasteiger partial charge on any atom is -0.448 e. The van der Waals surface area contributed by atoms with Gasteiger partial charge in [-0.15, -0.1) is 23.5 Å². The van der Waals surface area contributed by atoms with Crippen LogP contribution in [0.4, 0.5) is 10.9 Å². The summed E-state index contributed by atoms with van der Waals surface area (Å²) in [4.78, 5) is 71.1. The number of ether oxygens (including phenoxy) is 1. The van der Waals surface area contributed by atoms with Crippen molar-refractivity contribution in [2.24, 2.45) is 5.16 Å². The average Bonchev–Trinajstić information content (AvgIpc) is 3.75. The van der Waals surface area contributed by atoms with Crippen LogP contribution in [0.5, 0.6) is 0 Å². The molecule has 2 aromatic heterocycles. The number of oxime groups is 1. The van der Waals surface area contributed by atoms with Crippen LogP contribution in [0, 0.1) is 0 Å². The van der Waals surface area contributed by atoms with E-state index in [1.807, 2.05) is 115 Å². The lowest BCUT2D eigenvalue weighted by Crippen LogP contribution is -2.71. The van der Waals surface area contributed by atoms with E-state index >= 15 is 4.79 Å². The summed E-state index contributed by atoms with van der Waals surface area (Å²) in [5, 5.41) is 6.82. The van der Waals surface area contributed by atoms with Gasteiger partial charge in [-0.2, -0.15) is 0 Å². The molecule has 1 N–H and O–H groups in total. The minimum absolute atomic E-state index is 0.0817. The highest BCUT2D eigenvalue weighted by molar-refractivity contribution is 8.01. The Morgan fingerprint density at radius 3 is 1.94 bits per heavy atom. The van der Waals surface area contributed by atoms with E-state index in [2.05, 4.69) is 46.9 Å². The van der Waals surface area contributed by atoms with Crippen molar-refractivity contribution in [1.82, 2.24) is 9.88 Å². The van der Waals surface area contributed by atoms with Gasteiger partial charge in [0.2, 0.25) is 0 Å². The van der Waals surface area contributed by atoms with E-state index in [-0.39, 0.29) is 17.3 Å². The van der Waals surface area contributed by atoms with Crippen LogP contribution >= 0.6 is 34.9 Å². The first-order chi connectivity index (χ1) is 32.4. The third kappa shape index (κ3) is 7.78. The largest absolute Gasteiger partial charge is 0.448 e. The number of hydrogen-bond donors (Lipinski definition) is 1. The fourth-order valence-corrected chi connectivity index (χ4v) is 12.7. The van der Waals surface area contributed by atoms with Gasteiger partial charge in [-0.3, -0.25) is 19.4 Å². The SMILES string of the molecule is CO/N=C\C(=O)N1c2nc(NC(c3ccccc3)(c3ccccc3)c3ccccc3)sc2C2S[C@H]3C1C(=O)N3C(C(=O)OC(c1ccccc1)c1ccccc1)=C2CSc1ccoc(=O)c1. The van der Waals surface area contributed by atoms with Crippen LogP contribution in [-0.4, -0.2) is 58.2 Å². The Balaban J connectivity index is 1.16. The van der Waals surface area contributed by atoms with Gasteiger partial charge in [0.05, 0.1) is 16.4 Å². The second-order valence-corrected chi connectivity index (χ2v) is 18.7. The number of β-lactam (4-membered cyclic amide) rings is 1. The molecule has 328 valence electrons. The van der Waals surface area contributed by atoms with Crippen molar-refractivity contribution in [1.29, 1.82) is 0 Å². The van der Waals surface area contributed by atoms with Crippen LogP contribution in [0.25, 0.3) is 0 Å². The van der Waals surface area contributed by atoms with E-state index in [4.69, 9.17) is 19.0 Å². The first kappa shape index (κ1) is 42.7. The summed E-state index contributed by atoms with van der Waals surface area (Å²) in [5.41, 5.74) is 3.42. The number of rotatable bonds is 14. The van der Waals surface area contributed by atoms with Crippen LogP contribution in [-0.2, 0) is 29.5 Å². The third-order valence-electron chi connectivity index (χ3n) is 11.6. The van der Waals surface area contributed by atoms with Crippen LogP contribution in [0.1, 0.15) is 44.0 Å². The van der Waals surface area contributed by atoms with Crippen molar-refractivity contribution in [3.63, 3.8) is 0 Å².